The third-order valence-corrected chi connectivity index (χ3v) is 16.1. The predicted molar refractivity (Wildman–Crippen MR) is 319 cm³/mol. The van der Waals surface area contributed by atoms with E-state index in [2.05, 4.69) is 275 Å². The van der Waals surface area contributed by atoms with Gasteiger partial charge in [0, 0.05) is 87.1 Å². The van der Waals surface area contributed by atoms with E-state index in [4.69, 9.17) is 4.42 Å². The van der Waals surface area contributed by atoms with Gasteiger partial charge in [-0.2, -0.15) is 0 Å². The summed E-state index contributed by atoms with van der Waals surface area (Å²) >= 11 is 1.87. The van der Waals surface area contributed by atoms with Gasteiger partial charge in [-0.05, 0) is 137 Å². The van der Waals surface area contributed by atoms with Crippen molar-refractivity contribution in [2.45, 2.75) is 0 Å². The van der Waals surface area contributed by atoms with Crippen molar-refractivity contribution >= 4 is 120 Å². The molecule has 3 heterocycles. The van der Waals surface area contributed by atoms with Crippen molar-refractivity contribution in [1.29, 1.82) is 0 Å². The van der Waals surface area contributed by atoms with Crippen LogP contribution in [-0.4, -0.2) is 4.57 Å². The Hall–Kier alpha value is -9.68. The molecule has 75 heavy (non-hydrogen) atoms. The van der Waals surface area contributed by atoms with Crippen molar-refractivity contribution in [3.63, 3.8) is 0 Å². The Bertz CT molecular complexity index is 4650. The fraction of sp³-hybridized carbons (Fsp3) is 0. The van der Waals surface area contributed by atoms with Crippen LogP contribution in [-0.2, 0) is 0 Å². The Morgan fingerprint density at radius 2 is 0.893 bits per heavy atom. The molecule has 5 heteroatoms. The van der Waals surface area contributed by atoms with E-state index in [0.29, 0.717) is 0 Å². The van der Waals surface area contributed by atoms with E-state index in [-0.39, 0.29) is 0 Å². The Labute approximate surface area is 437 Å². The SMILES string of the molecule is c1ccc(N(c2ccc(-c3cccc(N(c4ccc(-c5cccc6c5oc5ccccc56)cc4)c4ccc5ccccc5c4)c3)cc2)c2ccc3c4cc5sc6ccccc6c5cc4n(-c4ccccc4)c3c2)cc1. The average molecular weight is 976 g/mol. The second-order valence-corrected chi connectivity index (χ2v) is 20.4. The first-order chi connectivity index (χ1) is 37.2. The van der Waals surface area contributed by atoms with Crippen LogP contribution in [0.4, 0.5) is 34.1 Å². The van der Waals surface area contributed by atoms with Crippen molar-refractivity contribution in [2.75, 3.05) is 9.80 Å². The molecule has 12 aromatic carbocycles. The first-order valence-corrected chi connectivity index (χ1v) is 26.3. The highest BCUT2D eigenvalue weighted by Gasteiger charge is 2.21. The summed E-state index contributed by atoms with van der Waals surface area (Å²) < 4.78 is 11.5. The molecular formula is C70H45N3OS. The van der Waals surface area contributed by atoms with Gasteiger partial charge in [-0.1, -0.05) is 164 Å². The number of rotatable bonds is 9. The standard InChI is InChI=1S/C70H45N3OS/c1-3-18-51(19-4-1)71(57-39-40-59-63-45-69-64(61-24-10-12-28-68(61)75-69)44-66(63)73(65(59)43-57)52-20-5-2-6-21-52)53-34-29-47(30-35-53)50-17-13-22-55(41-50)72(56-38-31-46-15-7-8-16-49(46)42-56)54-36-32-48(33-37-54)58-25-14-26-62-60-23-9-11-27-67(60)74-70(58)62/h1-45H. The van der Waals surface area contributed by atoms with Crippen molar-refractivity contribution in [3.05, 3.63) is 273 Å². The summed E-state index contributed by atoms with van der Waals surface area (Å²) in [5.41, 5.74) is 16.2. The summed E-state index contributed by atoms with van der Waals surface area (Å²) in [4.78, 5) is 4.74. The molecular weight excluding hydrogens is 931 g/mol. The highest BCUT2D eigenvalue weighted by molar-refractivity contribution is 7.25. The molecule has 0 radical (unpaired) electrons. The fourth-order valence-corrected chi connectivity index (χ4v) is 12.5. The molecule has 0 spiro atoms. The Balaban J connectivity index is 0.816. The predicted octanol–water partition coefficient (Wildman–Crippen LogP) is 20.5. The van der Waals surface area contributed by atoms with Crippen LogP contribution in [0, 0.1) is 0 Å². The molecule has 0 aliphatic rings. The topological polar surface area (TPSA) is 24.6 Å². The normalized spacial score (nSPS) is 11.7. The van der Waals surface area contributed by atoms with Crippen LogP contribution in [0.15, 0.2) is 277 Å². The van der Waals surface area contributed by atoms with Crippen LogP contribution in [0.1, 0.15) is 0 Å². The summed E-state index contributed by atoms with van der Waals surface area (Å²) in [6, 6.07) is 98.9. The lowest BCUT2D eigenvalue weighted by molar-refractivity contribution is 0.670. The van der Waals surface area contributed by atoms with E-state index in [1.54, 1.807) is 0 Å². The van der Waals surface area contributed by atoms with Crippen LogP contribution in [0.25, 0.3) is 103 Å². The highest BCUT2D eigenvalue weighted by atomic mass is 32.1. The van der Waals surface area contributed by atoms with E-state index in [0.717, 1.165) is 84.0 Å². The number of aromatic nitrogens is 1. The lowest BCUT2D eigenvalue weighted by atomic mass is 10.0. The number of benzene rings is 12. The number of nitrogens with zero attached hydrogens (tertiary/aromatic N) is 3. The number of hydrogen-bond donors (Lipinski definition) is 0. The van der Waals surface area contributed by atoms with Crippen LogP contribution in [0.3, 0.4) is 0 Å². The van der Waals surface area contributed by atoms with Crippen LogP contribution < -0.4 is 9.80 Å². The van der Waals surface area contributed by atoms with Crippen molar-refractivity contribution in [1.82, 2.24) is 4.57 Å². The molecule has 3 aromatic heterocycles. The third kappa shape index (κ3) is 7.27. The zero-order chi connectivity index (χ0) is 49.4. The number of anilines is 6. The molecule has 0 unspecified atom stereocenters. The van der Waals surface area contributed by atoms with Crippen LogP contribution in [0.2, 0.25) is 0 Å². The van der Waals surface area contributed by atoms with Crippen molar-refractivity contribution in [2.24, 2.45) is 0 Å². The molecule has 352 valence electrons. The molecule has 0 fully saturated rings. The van der Waals surface area contributed by atoms with Crippen molar-refractivity contribution < 1.29 is 4.42 Å². The molecule has 4 nitrogen and oxygen atoms in total. The number of hydrogen-bond acceptors (Lipinski definition) is 4. The molecule has 15 rings (SSSR count). The quantitative estimate of drug-likeness (QED) is 0.144. The molecule has 15 aromatic rings. The largest absolute Gasteiger partial charge is 0.455 e. The third-order valence-electron chi connectivity index (χ3n) is 14.9. The molecule has 0 N–H and O–H groups in total. The summed E-state index contributed by atoms with van der Waals surface area (Å²) in [6.45, 7) is 0. The molecule has 0 bridgehead atoms. The van der Waals surface area contributed by atoms with Gasteiger partial charge in [0.15, 0.2) is 0 Å². The summed E-state index contributed by atoms with van der Waals surface area (Å²) in [5, 5.41) is 9.74. The van der Waals surface area contributed by atoms with E-state index in [9.17, 15) is 0 Å². The Kier molecular flexibility index (Phi) is 10.0. The maximum atomic E-state index is 6.47. The highest BCUT2D eigenvalue weighted by Crippen LogP contribution is 2.45. The molecule has 0 aliphatic heterocycles. The van der Waals surface area contributed by atoms with E-state index in [1.165, 1.54) is 52.8 Å². The fourth-order valence-electron chi connectivity index (χ4n) is 11.4. The minimum atomic E-state index is 0.900. The zero-order valence-electron chi connectivity index (χ0n) is 40.6. The summed E-state index contributed by atoms with van der Waals surface area (Å²) in [6.07, 6.45) is 0. The summed E-state index contributed by atoms with van der Waals surface area (Å²) in [7, 11) is 0. The van der Waals surface area contributed by atoms with E-state index < -0.39 is 0 Å². The molecule has 0 atom stereocenters. The molecule has 0 saturated carbocycles. The van der Waals surface area contributed by atoms with Gasteiger partial charge in [-0.25, -0.2) is 0 Å². The number of thiophene rings is 1. The smallest absolute Gasteiger partial charge is 0.143 e. The minimum Gasteiger partial charge on any atom is -0.455 e. The maximum absolute atomic E-state index is 6.47. The van der Waals surface area contributed by atoms with Gasteiger partial charge in [-0.3, -0.25) is 0 Å². The monoisotopic (exact) mass is 975 g/mol. The average Bonchev–Trinajstić information content (AvgIpc) is 4.22. The van der Waals surface area contributed by atoms with Gasteiger partial charge in [0.2, 0.25) is 0 Å². The zero-order valence-corrected chi connectivity index (χ0v) is 41.5. The number of fused-ring (bicyclic) bond motifs is 10. The van der Waals surface area contributed by atoms with Crippen LogP contribution >= 0.6 is 11.3 Å². The summed E-state index contributed by atoms with van der Waals surface area (Å²) in [5.74, 6) is 0. The van der Waals surface area contributed by atoms with Gasteiger partial charge in [-0.15, -0.1) is 11.3 Å². The van der Waals surface area contributed by atoms with Crippen LogP contribution in [0.5, 0.6) is 0 Å². The number of para-hydroxylation sites is 4. The van der Waals surface area contributed by atoms with E-state index in [1.807, 2.05) is 23.5 Å². The lowest BCUT2D eigenvalue weighted by Gasteiger charge is -2.27. The van der Waals surface area contributed by atoms with Gasteiger partial charge in [0.25, 0.3) is 0 Å². The second kappa shape index (κ2) is 17.5. The maximum Gasteiger partial charge on any atom is 0.143 e. The van der Waals surface area contributed by atoms with Gasteiger partial charge >= 0.3 is 0 Å². The van der Waals surface area contributed by atoms with Crippen molar-refractivity contribution in [3.8, 4) is 27.9 Å². The minimum absolute atomic E-state index is 0.900. The number of furan rings is 1. The van der Waals surface area contributed by atoms with Gasteiger partial charge in [0.05, 0.1) is 11.0 Å². The second-order valence-electron chi connectivity index (χ2n) is 19.3. The lowest BCUT2D eigenvalue weighted by Crippen LogP contribution is -2.10. The molecule has 0 amide bonds. The Morgan fingerprint density at radius 1 is 0.307 bits per heavy atom. The van der Waals surface area contributed by atoms with Gasteiger partial charge < -0.3 is 18.8 Å². The van der Waals surface area contributed by atoms with Gasteiger partial charge in [0.1, 0.15) is 11.2 Å². The molecule has 0 saturated heterocycles. The first-order valence-electron chi connectivity index (χ1n) is 25.5. The Morgan fingerprint density at radius 3 is 1.72 bits per heavy atom. The van der Waals surface area contributed by atoms with E-state index >= 15 is 0 Å². The molecule has 0 aliphatic carbocycles. The first kappa shape index (κ1) is 43.0.